The third kappa shape index (κ3) is 2.84. The van der Waals surface area contributed by atoms with Gasteiger partial charge in [0.2, 0.25) is 0 Å². The van der Waals surface area contributed by atoms with E-state index in [1.807, 2.05) is 44.2 Å². The molecule has 0 bridgehead atoms. The summed E-state index contributed by atoms with van der Waals surface area (Å²) in [6.45, 7) is 4.07. The van der Waals surface area contributed by atoms with E-state index in [0.717, 1.165) is 27.8 Å². The van der Waals surface area contributed by atoms with E-state index >= 15 is 0 Å². The van der Waals surface area contributed by atoms with Gasteiger partial charge in [-0.15, -0.1) is 0 Å². The Morgan fingerprint density at radius 3 is 2.44 bits per heavy atom. The molecule has 0 saturated carbocycles. The minimum absolute atomic E-state index is 0.0130. The molecule has 2 heterocycles. The fourth-order valence-corrected chi connectivity index (χ4v) is 3.04. The molecule has 0 amide bonds. The molecule has 25 heavy (non-hydrogen) atoms. The SMILES string of the molecule is CCc1cnc2c(c1NC(C)c1ccccc1)c(=O)n(C)c(=O)n2C. The lowest BCUT2D eigenvalue weighted by molar-refractivity contribution is 0.707. The van der Waals surface area contributed by atoms with Gasteiger partial charge in [-0.3, -0.25) is 13.9 Å². The van der Waals surface area contributed by atoms with Crippen LogP contribution in [0.2, 0.25) is 0 Å². The van der Waals surface area contributed by atoms with Crippen molar-refractivity contribution in [3.63, 3.8) is 0 Å². The van der Waals surface area contributed by atoms with Crippen LogP contribution in [0.1, 0.15) is 31.0 Å². The van der Waals surface area contributed by atoms with E-state index in [1.165, 1.54) is 11.6 Å². The lowest BCUT2D eigenvalue weighted by Crippen LogP contribution is -2.37. The summed E-state index contributed by atoms with van der Waals surface area (Å²) in [7, 11) is 3.13. The minimum Gasteiger partial charge on any atom is -0.377 e. The van der Waals surface area contributed by atoms with Gasteiger partial charge in [-0.25, -0.2) is 9.78 Å². The lowest BCUT2D eigenvalue weighted by Gasteiger charge is -2.20. The predicted molar refractivity (Wildman–Crippen MR) is 100 cm³/mol. The molecular weight excluding hydrogens is 316 g/mol. The fourth-order valence-electron chi connectivity index (χ4n) is 3.04. The van der Waals surface area contributed by atoms with Gasteiger partial charge in [0.25, 0.3) is 5.56 Å². The summed E-state index contributed by atoms with van der Waals surface area (Å²) in [5.41, 5.74) is 2.51. The minimum atomic E-state index is -0.378. The van der Waals surface area contributed by atoms with Crippen LogP contribution in [-0.2, 0) is 20.5 Å². The number of rotatable bonds is 4. The zero-order valence-corrected chi connectivity index (χ0v) is 14.9. The van der Waals surface area contributed by atoms with Crippen molar-refractivity contribution in [2.75, 3.05) is 5.32 Å². The molecule has 0 spiro atoms. The first kappa shape index (κ1) is 17.0. The standard InChI is InChI=1S/C19H22N4O2/c1-5-13-11-20-17-15(18(24)23(4)19(25)22(17)3)16(13)21-12(2)14-9-7-6-8-10-14/h6-12H,5H2,1-4H3,(H,20,21). The van der Waals surface area contributed by atoms with Crippen molar-refractivity contribution >= 4 is 16.7 Å². The van der Waals surface area contributed by atoms with Crippen LogP contribution in [0, 0.1) is 0 Å². The first-order valence-electron chi connectivity index (χ1n) is 8.34. The Bertz CT molecular complexity index is 1040. The molecule has 0 aliphatic carbocycles. The van der Waals surface area contributed by atoms with E-state index in [-0.39, 0.29) is 17.3 Å². The number of nitrogens with zero attached hydrogens (tertiary/aromatic N) is 3. The van der Waals surface area contributed by atoms with Crippen molar-refractivity contribution in [3.8, 4) is 0 Å². The van der Waals surface area contributed by atoms with Crippen molar-refractivity contribution < 1.29 is 0 Å². The van der Waals surface area contributed by atoms with Gasteiger partial charge in [0, 0.05) is 26.3 Å². The third-order valence-electron chi connectivity index (χ3n) is 4.59. The van der Waals surface area contributed by atoms with Gasteiger partial charge in [-0.1, -0.05) is 37.3 Å². The van der Waals surface area contributed by atoms with Crippen LogP contribution in [0.15, 0.2) is 46.1 Å². The van der Waals surface area contributed by atoms with Crippen LogP contribution in [0.25, 0.3) is 11.0 Å². The van der Waals surface area contributed by atoms with E-state index in [9.17, 15) is 9.59 Å². The molecule has 1 unspecified atom stereocenters. The summed E-state index contributed by atoms with van der Waals surface area (Å²) in [4.78, 5) is 29.3. The molecule has 0 aliphatic rings. The number of hydrogen-bond donors (Lipinski definition) is 1. The highest BCUT2D eigenvalue weighted by Crippen LogP contribution is 2.27. The van der Waals surface area contributed by atoms with Crippen molar-refractivity contribution in [2.45, 2.75) is 26.3 Å². The van der Waals surface area contributed by atoms with Crippen molar-refractivity contribution in [2.24, 2.45) is 14.1 Å². The fraction of sp³-hybridized carbons (Fsp3) is 0.316. The van der Waals surface area contributed by atoms with Crippen molar-refractivity contribution in [1.82, 2.24) is 14.1 Å². The molecular formula is C19H22N4O2. The van der Waals surface area contributed by atoms with Crippen LogP contribution in [0.4, 0.5) is 5.69 Å². The Labute approximate surface area is 145 Å². The first-order valence-corrected chi connectivity index (χ1v) is 8.34. The van der Waals surface area contributed by atoms with Gasteiger partial charge in [-0.05, 0) is 24.5 Å². The Morgan fingerprint density at radius 1 is 1.12 bits per heavy atom. The maximum Gasteiger partial charge on any atom is 0.332 e. The number of anilines is 1. The number of aromatic nitrogens is 3. The Morgan fingerprint density at radius 2 is 1.80 bits per heavy atom. The van der Waals surface area contributed by atoms with Gasteiger partial charge in [0.1, 0.15) is 5.39 Å². The number of aryl methyl sites for hydroxylation is 2. The molecule has 0 saturated heterocycles. The molecule has 1 N–H and O–H groups in total. The summed E-state index contributed by atoms with van der Waals surface area (Å²) in [6, 6.07) is 10.0. The monoisotopic (exact) mass is 338 g/mol. The second-order valence-electron chi connectivity index (χ2n) is 6.19. The van der Waals surface area contributed by atoms with Crippen LogP contribution < -0.4 is 16.6 Å². The Kier molecular flexibility index (Phi) is 4.44. The smallest absolute Gasteiger partial charge is 0.332 e. The van der Waals surface area contributed by atoms with E-state index in [1.54, 1.807) is 13.2 Å². The van der Waals surface area contributed by atoms with Gasteiger partial charge in [0.05, 0.1) is 5.69 Å². The highest BCUT2D eigenvalue weighted by molar-refractivity contribution is 5.90. The Hall–Kier alpha value is -2.89. The predicted octanol–water partition coefficient (Wildman–Crippen LogP) is 2.37. The topological polar surface area (TPSA) is 68.9 Å². The van der Waals surface area contributed by atoms with Gasteiger partial charge in [0.15, 0.2) is 5.65 Å². The number of benzene rings is 1. The highest BCUT2D eigenvalue weighted by atomic mass is 16.2. The first-order chi connectivity index (χ1) is 12.0. The quantitative estimate of drug-likeness (QED) is 0.793. The normalized spacial score (nSPS) is 12.3. The summed E-state index contributed by atoms with van der Waals surface area (Å²) < 4.78 is 2.54. The number of nitrogens with one attached hydrogen (secondary N) is 1. The molecule has 0 fully saturated rings. The average Bonchev–Trinajstić information content (AvgIpc) is 2.64. The number of pyridine rings is 1. The molecule has 0 aliphatic heterocycles. The summed E-state index contributed by atoms with van der Waals surface area (Å²) in [5, 5.41) is 3.92. The van der Waals surface area contributed by atoms with Crippen LogP contribution in [-0.4, -0.2) is 14.1 Å². The van der Waals surface area contributed by atoms with Crippen LogP contribution in [0.5, 0.6) is 0 Å². The van der Waals surface area contributed by atoms with Gasteiger partial charge in [-0.2, -0.15) is 0 Å². The van der Waals surface area contributed by atoms with Crippen molar-refractivity contribution in [3.05, 3.63) is 68.5 Å². The second-order valence-corrected chi connectivity index (χ2v) is 6.19. The number of fused-ring (bicyclic) bond motifs is 1. The van der Waals surface area contributed by atoms with E-state index < -0.39 is 0 Å². The van der Waals surface area contributed by atoms with Crippen molar-refractivity contribution in [1.29, 1.82) is 0 Å². The maximum atomic E-state index is 12.8. The van der Waals surface area contributed by atoms with E-state index in [2.05, 4.69) is 10.3 Å². The summed E-state index contributed by atoms with van der Waals surface area (Å²) >= 11 is 0. The second kappa shape index (κ2) is 6.55. The van der Waals surface area contributed by atoms with Crippen LogP contribution in [0.3, 0.4) is 0 Å². The third-order valence-corrected chi connectivity index (χ3v) is 4.59. The Balaban J connectivity index is 2.26. The summed E-state index contributed by atoms with van der Waals surface area (Å²) in [5.74, 6) is 0. The van der Waals surface area contributed by atoms with Gasteiger partial charge < -0.3 is 5.32 Å². The average molecular weight is 338 g/mol. The molecule has 130 valence electrons. The maximum absolute atomic E-state index is 12.8. The summed E-state index contributed by atoms with van der Waals surface area (Å²) in [6.07, 6.45) is 2.47. The number of hydrogen-bond acceptors (Lipinski definition) is 4. The van der Waals surface area contributed by atoms with E-state index in [4.69, 9.17) is 0 Å². The molecule has 1 aromatic carbocycles. The largest absolute Gasteiger partial charge is 0.377 e. The molecule has 6 nitrogen and oxygen atoms in total. The van der Waals surface area contributed by atoms with Gasteiger partial charge >= 0.3 is 5.69 Å². The van der Waals surface area contributed by atoms with Crippen LogP contribution >= 0.6 is 0 Å². The molecule has 3 rings (SSSR count). The van der Waals surface area contributed by atoms with E-state index in [0.29, 0.717) is 11.0 Å². The molecule has 1 atom stereocenters. The zero-order chi connectivity index (χ0) is 18.1. The molecule has 6 heteroatoms. The molecule has 0 radical (unpaired) electrons. The zero-order valence-electron chi connectivity index (χ0n) is 14.9. The lowest BCUT2D eigenvalue weighted by atomic mass is 10.1. The molecule has 3 aromatic rings. The molecule has 2 aromatic heterocycles. The highest BCUT2D eigenvalue weighted by Gasteiger charge is 2.18.